The molecule has 4 aromatic rings. The molecule has 1 unspecified atom stereocenters. The first-order valence-corrected chi connectivity index (χ1v) is 15.1. The minimum absolute atomic E-state index is 0.00138. The van der Waals surface area contributed by atoms with Crippen LogP contribution in [-0.2, 0) is 11.2 Å². The Morgan fingerprint density at radius 1 is 1.13 bits per heavy atom. The van der Waals surface area contributed by atoms with E-state index in [1.165, 1.54) is 23.1 Å². The molecular weight excluding hydrogens is 622 g/mol. The summed E-state index contributed by atoms with van der Waals surface area (Å²) in [4.78, 5) is 44.0. The van der Waals surface area contributed by atoms with Crippen molar-refractivity contribution in [1.29, 1.82) is 0 Å². The Kier molecular flexibility index (Phi) is 11.9. The average Bonchev–Trinajstić information content (AvgIpc) is 3.64. The van der Waals surface area contributed by atoms with Gasteiger partial charge in [0.25, 0.3) is 5.91 Å². The molecule has 45 heavy (non-hydrogen) atoms. The highest BCUT2D eigenvalue weighted by Gasteiger charge is 2.25. The van der Waals surface area contributed by atoms with Gasteiger partial charge in [-0.05, 0) is 74.9 Å². The zero-order valence-electron chi connectivity index (χ0n) is 24.7. The topological polar surface area (TPSA) is 173 Å². The largest absolute Gasteiger partial charge is 0.370 e. The molecule has 2 aromatic carbocycles. The molecule has 15 heteroatoms. The third-order valence-corrected chi connectivity index (χ3v) is 7.32. The molecule has 0 aliphatic carbocycles. The molecule has 12 nitrogen and oxygen atoms in total. The number of nitrogens with two attached hydrogens (primary N) is 2. The molecule has 0 saturated heterocycles. The third kappa shape index (κ3) is 10.0. The number of aryl methyl sites for hydroxylation is 2. The second-order valence-electron chi connectivity index (χ2n) is 10.4. The summed E-state index contributed by atoms with van der Waals surface area (Å²) in [5.74, 6) is -0.162. The Balaban J connectivity index is 1.48. The van der Waals surface area contributed by atoms with Crippen LogP contribution in [0.5, 0.6) is 0 Å². The molecule has 0 aliphatic heterocycles. The number of guanidine groups is 1. The minimum Gasteiger partial charge on any atom is -0.370 e. The van der Waals surface area contributed by atoms with Gasteiger partial charge in [-0.1, -0.05) is 35.3 Å². The molecule has 1 atom stereocenters. The highest BCUT2D eigenvalue weighted by atomic mass is 35.5. The molecule has 2 aromatic heterocycles. The van der Waals surface area contributed by atoms with Crippen molar-refractivity contribution >= 4 is 46.8 Å². The van der Waals surface area contributed by atoms with Crippen molar-refractivity contribution < 1.29 is 14.0 Å². The van der Waals surface area contributed by atoms with Gasteiger partial charge in [0.1, 0.15) is 17.5 Å². The molecule has 4 rings (SSSR count). The number of nitrogens with zero attached hydrogens (tertiary/aromatic N) is 6. The van der Waals surface area contributed by atoms with Crippen molar-refractivity contribution in [1.82, 2.24) is 30.0 Å². The Morgan fingerprint density at radius 2 is 1.91 bits per heavy atom. The average molecular weight is 658 g/mol. The number of aliphatic imine (C=N–C) groups is 1. The molecule has 238 valence electrons. The zero-order chi connectivity index (χ0) is 32.3. The fraction of sp³-hybridized carbons (Fsp3) is 0.333. The van der Waals surface area contributed by atoms with E-state index in [1.807, 2.05) is 6.07 Å². The second kappa shape index (κ2) is 16.0. The van der Waals surface area contributed by atoms with Gasteiger partial charge in [0.2, 0.25) is 11.7 Å². The summed E-state index contributed by atoms with van der Waals surface area (Å²) >= 11 is 12.3. The van der Waals surface area contributed by atoms with Crippen LogP contribution in [0.15, 0.2) is 60.0 Å². The number of imidazole rings is 1. The number of hydrogen-bond acceptors (Lipinski definition) is 6. The number of anilines is 1. The summed E-state index contributed by atoms with van der Waals surface area (Å²) < 4.78 is 15.1. The van der Waals surface area contributed by atoms with Gasteiger partial charge in [-0.25, -0.2) is 19.0 Å². The third-order valence-electron chi connectivity index (χ3n) is 6.89. The molecule has 0 radical (unpaired) electrons. The quantitative estimate of drug-likeness (QED) is 0.0836. The summed E-state index contributed by atoms with van der Waals surface area (Å²) in [7, 11) is 0. The van der Waals surface area contributed by atoms with Crippen LogP contribution < -0.4 is 21.7 Å². The zero-order valence-corrected chi connectivity index (χ0v) is 26.2. The first-order chi connectivity index (χ1) is 21.6. The molecule has 0 bridgehead atoms. The number of aromatic amines is 1. The predicted octanol–water partition coefficient (Wildman–Crippen LogP) is 4.34. The minimum atomic E-state index is -0.550. The fourth-order valence-corrected chi connectivity index (χ4v) is 5.32. The lowest BCUT2D eigenvalue weighted by Gasteiger charge is -2.24. The Bertz CT molecular complexity index is 1600. The summed E-state index contributed by atoms with van der Waals surface area (Å²) in [6.07, 6.45) is 5.97. The molecule has 2 amide bonds. The van der Waals surface area contributed by atoms with Crippen LogP contribution >= 0.6 is 23.2 Å². The fourth-order valence-electron chi connectivity index (χ4n) is 4.81. The van der Waals surface area contributed by atoms with Gasteiger partial charge < -0.3 is 21.8 Å². The van der Waals surface area contributed by atoms with E-state index in [0.29, 0.717) is 72.6 Å². The number of rotatable bonds is 15. The Hall–Kier alpha value is -4.49. The number of unbranched alkanes of at least 4 members (excludes halogenated alkanes) is 1. The monoisotopic (exact) mass is 656 g/mol. The lowest BCUT2D eigenvalue weighted by Crippen LogP contribution is -2.42. The molecular formula is C30H35Cl2FN10O2. The van der Waals surface area contributed by atoms with E-state index in [4.69, 9.17) is 34.7 Å². The normalized spacial score (nSPS) is 11.6. The van der Waals surface area contributed by atoms with Crippen LogP contribution in [0.3, 0.4) is 0 Å². The van der Waals surface area contributed by atoms with Crippen LogP contribution in [0.25, 0.3) is 5.69 Å². The van der Waals surface area contributed by atoms with Gasteiger partial charge in [-0.15, -0.1) is 5.10 Å². The molecule has 0 spiro atoms. The van der Waals surface area contributed by atoms with Crippen molar-refractivity contribution in [2.24, 2.45) is 16.5 Å². The lowest BCUT2D eigenvalue weighted by atomic mass is 10.0. The number of H-pyrrole nitrogens is 1. The van der Waals surface area contributed by atoms with E-state index in [9.17, 15) is 14.0 Å². The maximum absolute atomic E-state index is 13.7. The summed E-state index contributed by atoms with van der Waals surface area (Å²) in [6, 6.07) is 10.7. The first kappa shape index (κ1) is 33.4. The van der Waals surface area contributed by atoms with Crippen molar-refractivity contribution in [2.45, 2.75) is 51.5 Å². The van der Waals surface area contributed by atoms with Gasteiger partial charge >= 0.3 is 0 Å². The molecule has 6 N–H and O–H groups in total. The molecule has 0 fully saturated rings. The summed E-state index contributed by atoms with van der Waals surface area (Å²) in [6.45, 7) is 2.48. The molecule has 0 aliphatic rings. The van der Waals surface area contributed by atoms with Crippen LogP contribution in [0.2, 0.25) is 10.0 Å². The summed E-state index contributed by atoms with van der Waals surface area (Å²) in [5.41, 5.74) is 12.2. The number of halogens is 3. The van der Waals surface area contributed by atoms with E-state index in [-0.39, 0.29) is 29.9 Å². The second-order valence-corrected chi connectivity index (χ2v) is 11.3. The van der Waals surface area contributed by atoms with Crippen molar-refractivity contribution in [3.63, 3.8) is 0 Å². The number of nitrogens with one attached hydrogen (secondary N) is 2. The van der Waals surface area contributed by atoms with Crippen molar-refractivity contribution in [2.75, 3.05) is 18.0 Å². The lowest BCUT2D eigenvalue weighted by molar-refractivity contribution is -0.119. The number of carbonyl (C=O) groups is 2. The smallest absolute Gasteiger partial charge is 0.291 e. The number of amides is 2. The summed E-state index contributed by atoms with van der Waals surface area (Å²) in [5, 5.41) is 8.13. The number of hydrogen-bond donors (Lipinski definition) is 4. The van der Waals surface area contributed by atoms with Crippen LogP contribution in [-0.4, -0.2) is 61.6 Å². The maximum Gasteiger partial charge on any atom is 0.291 e. The number of aromatic nitrogens is 5. The predicted molar refractivity (Wildman–Crippen MR) is 172 cm³/mol. The van der Waals surface area contributed by atoms with Gasteiger partial charge in [0.05, 0.1) is 18.2 Å². The van der Waals surface area contributed by atoms with Gasteiger partial charge in [-0.3, -0.25) is 19.5 Å². The first-order valence-electron chi connectivity index (χ1n) is 14.4. The number of benzene rings is 2. The highest BCUT2D eigenvalue weighted by molar-refractivity contribution is 6.34. The van der Waals surface area contributed by atoms with E-state index in [1.54, 1.807) is 42.3 Å². The van der Waals surface area contributed by atoms with Crippen LogP contribution in [0, 0.1) is 12.7 Å². The standard InChI is InChI=1S/C30H35Cl2FN10O2/c1-19-39-28(41-43(19)25-14-21(31)13-22(32)15-25)29(45)40-24(9-2-3-10-37-30(34)35)16-27(44)42(26-17-36-18-38-26)11-5-7-20-6-4-8-23(33)12-20/h4,6,8,12-15,17-18,24H,2-3,5,7,9-11,16H2,1H3,(H,36,38)(H,40,45)(H4,34,35,37). The van der Waals surface area contributed by atoms with Gasteiger partial charge in [0, 0.05) is 35.6 Å². The van der Waals surface area contributed by atoms with Crippen LogP contribution in [0.4, 0.5) is 10.2 Å². The maximum atomic E-state index is 13.7. The van der Waals surface area contributed by atoms with E-state index >= 15 is 0 Å². The Morgan fingerprint density at radius 3 is 2.60 bits per heavy atom. The van der Waals surface area contributed by atoms with Gasteiger partial charge in [0.15, 0.2) is 5.96 Å². The highest BCUT2D eigenvalue weighted by Crippen LogP contribution is 2.22. The SMILES string of the molecule is Cc1nc(C(=O)NC(CCCCN=C(N)N)CC(=O)N(CCCc2cccc(F)c2)c2cnc[nH]2)nn1-c1cc(Cl)cc(Cl)c1. The van der Waals surface area contributed by atoms with Crippen LogP contribution in [0.1, 0.15) is 54.1 Å². The number of carbonyl (C=O) groups excluding carboxylic acids is 2. The van der Waals surface area contributed by atoms with Crippen molar-refractivity contribution in [3.05, 3.63) is 88.1 Å². The molecule has 0 saturated carbocycles. The van der Waals surface area contributed by atoms with Crippen molar-refractivity contribution in [3.8, 4) is 5.69 Å². The van der Waals surface area contributed by atoms with E-state index < -0.39 is 11.9 Å². The van der Waals surface area contributed by atoms with Gasteiger partial charge in [-0.2, -0.15) is 0 Å². The molecule has 2 heterocycles. The van der Waals surface area contributed by atoms with E-state index in [2.05, 4.69) is 30.4 Å². The Labute approximate surface area is 270 Å². The van der Waals surface area contributed by atoms with E-state index in [0.717, 1.165) is 5.56 Å².